The van der Waals surface area contributed by atoms with E-state index in [1.165, 1.54) is 16.1 Å². The quantitative estimate of drug-likeness (QED) is 0.892. The Kier molecular flexibility index (Phi) is 4.41. The van der Waals surface area contributed by atoms with Crippen molar-refractivity contribution in [3.63, 3.8) is 0 Å². The Labute approximate surface area is 127 Å². The Balaban J connectivity index is 1.70. The molecule has 1 atom stereocenters. The van der Waals surface area contributed by atoms with Crippen LogP contribution >= 0.6 is 22.9 Å². The SMILES string of the molecule is OCCn1ncc2c1CCCC2NCc1ccc(Cl)s1. The van der Waals surface area contributed by atoms with Crippen LogP contribution in [-0.4, -0.2) is 21.5 Å². The summed E-state index contributed by atoms with van der Waals surface area (Å²) in [6, 6.07) is 4.36. The molecule has 0 fully saturated rings. The molecule has 6 heteroatoms. The van der Waals surface area contributed by atoms with E-state index in [2.05, 4.69) is 16.5 Å². The predicted octanol–water partition coefficient (Wildman–Crippen LogP) is 2.76. The molecule has 0 radical (unpaired) electrons. The Morgan fingerprint density at radius 1 is 1.50 bits per heavy atom. The van der Waals surface area contributed by atoms with Gasteiger partial charge in [0.1, 0.15) is 0 Å². The van der Waals surface area contributed by atoms with Gasteiger partial charge >= 0.3 is 0 Å². The first-order valence-corrected chi connectivity index (χ1v) is 8.10. The summed E-state index contributed by atoms with van der Waals surface area (Å²) in [5, 5.41) is 17.1. The number of rotatable bonds is 5. The highest BCUT2D eigenvalue weighted by molar-refractivity contribution is 7.16. The van der Waals surface area contributed by atoms with Crippen molar-refractivity contribution in [1.82, 2.24) is 15.1 Å². The van der Waals surface area contributed by atoms with Crippen molar-refractivity contribution < 1.29 is 5.11 Å². The van der Waals surface area contributed by atoms with E-state index in [0.717, 1.165) is 30.1 Å². The molecule has 1 aliphatic rings. The van der Waals surface area contributed by atoms with Crippen molar-refractivity contribution in [3.05, 3.63) is 38.8 Å². The number of hydrogen-bond acceptors (Lipinski definition) is 4. The van der Waals surface area contributed by atoms with Crippen LogP contribution in [0.25, 0.3) is 0 Å². The number of halogens is 1. The van der Waals surface area contributed by atoms with Crippen LogP contribution in [0.4, 0.5) is 0 Å². The second-order valence-electron chi connectivity index (χ2n) is 5.02. The van der Waals surface area contributed by atoms with Gasteiger partial charge in [-0.15, -0.1) is 11.3 Å². The third-order valence-corrected chi connectivity index (χ3v) is 4.96. The molecule has 1 unspecified atom stereocenters. The lowest BCUT2D eigenvalue weighted by molar-refractivity contribution is 0.266. The summed E-state index contributed by atoms with van der Waals surface area (Å²) in [4.78, 5) is 1.25. The summed E-state index contributed by atoms with van der Waals surface area (Å²) in [6.45, 7) is 1.56. The van der Waals surface area contributed by atoms with E-state index in [1.807, 2.05) is 16.9 Å². The normalized spacial score (nSPS) is 18.2. The van der Waals surface area contributed by atoms with Gasteiger partial charge in [0, 0.05) is 28.7 Å². The van der Waals surface area contributed by atoms with Gasteiger partial charge in [-0.2, -0.15) is 5.10 Å². The smallest absolute Gasteiger partial charge is 0.0931 e. The number of aromatic nitrogens is 2. The lowest BCUT2D eigenvalue weighted by Gasteiger charge is -2.24. The van der Waals surface area contributed by atoms with Crippen LogP contribution < -0.4 is 5.32 Å². The van der Waals surface area contributed by atoms with Crippen LogP contribution in [0.2, 0.25) is 4.34 Å². The zero-order chi connectivity index (χ0) is 13.9. The Bertz CT molecular complexity index is 581. The molecule has 2 heterocycles. The highest BCUT2D eigenvalue weighted by atomic mass is 35.5. The fraction of sp³-hybridized carbons (Fsp3) is 0.500. The standard InChI is InChI=1S/C14H18ClN3OS/c15-14-5-4-10(20-14)8-16-12-2-1-3-13-11(12)9-17-18(13)6-7-19/h4-5,9,12,16,19H,1-3,6-8H2. The van der Waals surface area contributed by atoms with Crippen molar-refractivity contribution in [2.24, 2.45) is 0 Å². The molecule has 0 saturated carbocycles. The molecule has 0 bridgehead atoms. The van der Waals surface area contributed by atoms with Gasteiger partial charge < -0.3 is 10.4 Å². The van der Waals surface area contributed by atoms with E-state index < -0.39 is 0 Å². The first-order valence-electron chi connectivity index (χ1n) is 6.91. The Hall–Kier alpha value is -0.880. The van der Waals surface area contributed by atoms with Gasteiger partial charge in [-0.3, -0.25) is 4.68 Å². The zero-order valence-corrected chi connectivity index (χ0v) is 12.8. The van der Waals surface area contributed by atoms with Crippen LogP contribution in [0, 0.1) is 0 Å². The molecule has 0 aliphatic heterocycles. The molecule has 3 rings (SSSR count). The van der Waals surface area contributed by atoms with Gasteiger partial charge in [0.05, 0.1) is 23.7 Å². The Morgan fingerprint density at radius 2 is 2.40 bits per heavy atom. The number of nitrogens with one attached hydrogen (secondary N) is 1. The van der Waals surface area contributed by atoms with E-state index in [-0.39, 0.29) is 6.61 Å². The first kappa shape index (κ1) is 14.1. The average molecular weight is 312 g/mol. The molecule has 2 aromatic heterocycles. The topological polar surface area (TPSA) is 50.1 Å². The third-order valence-electron chi connectivity index (χ3n) is 3.73. The molecule has 0 aromatic carbocycles. The van der Waals surface area contributed by atoms with Gasteiger partial charge in [0.25, 0.3) is 0 Å². The maximum atomic E-state index is 9.07. The second-order valence-corrected chi connectivity index (χ2v) is 6.82. The molecule has 0 amide bonds. The summed E-state index contributed by atoms with van der Waals surface area (Å²) < 4.78 is 2.77. The summed E-state index contributed by atoms with van der Waals surface area (Å²) >= 11 is 7.57. The highest BCUT2D eigenvalue weighted by Crippen LogP contribution is 2.30. The summed E-state index contributed by atoms with van der Waals surface area (Å²) in [7, 11) is 0. The third kappa shape index (κ3) is 2.91. The van der Waals surface area contributed by atoms with Gasteiger partial charge in [-0.05, 0) is 31.4 Å². The van der Waals surface area contributed by atoms with Gasteiger partial charge in [-0.1, -0.05) is 11.6 Å². The van der Waals surface area contributed by atoms with Crippen LogP contribution in [-0.2, 0) is 19.5 Å². The number of hydrogen-bond donors (Lipinski definition) is 2. The Morgan fingerprint density at radius 3 is 3.15 bits per heavy atom. The minimum atomic E-state index is 0.139. The monoisotopic (exact) mass is 311 g/mol. The molecule has 2 N–H and O–H groups in total. The fourth-order valence-corrected chi connectivity index (χ4v) is 3.83. The second kappa shape index (κ2) is 6.26. The molecule has 20 heavy (non-hydrogen) atoms. The van der Waals surface area contributed by atoms with Crippen LogP contribution in [0.15, 0.2) is 18.3 Å². The number of nitrogens with zero attached hydrogens (tertiary/aromatic N) is 2. The lowest BCUT2D eigenvalue weighted by atomic mass is 9.93. The highest BCUT2D eigenvalue weighted by Gasteiger charge is 2.23. The van der Waals surface area contributed by atoms with E-state index in [4.69, 9.17) is 16.7 Å². The predicted molar refractivity (Wildman–Crippen MR) is 81.2 cm³/mol. The molecule has 2 aromatic rings. The number of thiophene rings is 1. The van der Waals surface area contributed by atoms with E-state index >= 15 is 0 Å². The van der Waals surface area contributed by atoms with E-state index in [0.29, 0.717) is 12.6 Å². The maximum Gasteiger partial charge on any atom is 0.0931 e. The number of fused-ring (bicyclic) bond motifs is 1. The van der Waals surface area contributed by atoms with Crippen molar-refractivity contribution in [3.8, 4) is 0 Å². The average Bonchev–Trinajstić information content (AvgIpc) is 3.04. The lowest BCUT2D eigenvalue weighted by Crippen LogP contribution is -2.25. The summed E-state index contributed by atoms with van der Waals surface area (Å²) in [5.41, 5.74) is 2.55. The summed E-state index contributed by atoms with van der Waals surface area (Å²) in [5.74, 6) is 0. The molecular formula is C14H18ClN3OS. The van der Waals surface area contributed by atoms with Gasteiger partial charge in [0.15, 0.2) is 0 Å². The van der Waals surface area contributed by atoms with Crippen LogP contribution in [0.1, 0.15) is 35.0 Å². The number of aliphatic hydroxyl groups excluding tert-OH is 1. The van der Waals surface area contributed by atoms with Gasteiger partial charge in [-0.25, -0.2) is 0 Å². The molecule has 4 nitrogen and oxygen atoms in total. The molecular weight excluding hydrogens is 294 g/mol. The molecule has 0 saturated heterocycles. The minimum Gasteiger partial charge on any atom is -0.394 e. The first-order chi connectivity index (χ1) is 9.78. The van der Waals surface area contributed by atoms with Crippen LogP contribution in [0.3, 0.4) is 0 Å². The minimum absolute atomic E-state index is 0.139. The van der Waals surface area contributed by atoms with Crippen molar-refractivity contribution in [1.29, 1.82) is 0 Å². The van der Waals surface area contributed by atoms with E-state index in [9.17, 15) is 0 Å². The maximum absolute atomic E-state index is 9.07. The largest absolute Gasteiger partial charge is 0.394 e. The molecule has 0 spiro atoms. The van der Waals surface area contributed by atoms with Gasteiger partial charge in [0.2, 0.25) is 0 Å². The van der Waals surface area contributed by atoms with Crippen molar-refractivity contribution >= 4 is 22.9 Å². The molecule has 1 aliphatic carbocycles. The van der Waals surface area contributed by atoms with Crippen LogP contribution in [0.5, 0.6) is 0 Å². The zero-order valence-electron chi connectivity index (χ0n) is 11.2. The van der Waals surface area contributed by atoms with Crippen molar-refractivity contribution in [2.75, 3.05) is 6.61 Å². The van der Waals surface area contributed by atoms with E-state index in [1.54, 1.807) is 11.3 Å². The number of aliphatic hydroxyl groups is 1. The summed E-state index contributed by atoms with van der Waals surface area (Å²) in [6.07, 6.45) is 5.30. The fourth-order valence-electron chi connectivity index (χ4n) is 2.79. The molecule has 108 valence electrons. The van der Waals surface area contributed by atoms with Crippen molar-refractivity contribution in [2.45, 2.75) is 38.4 Å².